The van der Waals surface area contributed by atoms with Crippen molar-refractivity contribution in [3.63, 3.8) is 0 Å². The number of rotatable bonds is 7. The number of fused-ring (bicyclic) bond motifs is 3. The lowest BCUT2D eigenvalue weighted by atomic mass is 10.0. The zero-order valence-electron chi connectivity index (χ0n) is 27.4. The van der Waals surface area contributed by atoms with Gasteiger partial charge in [-0.3, -0.25) is 9.59 Å². The fraction of sp³-hybridized carbons (Fsp3) is 0.629. The Bertz CT molecular complexity index is 1540. The smallest absolute Gasteiger partial charge is 0.407 e. The van der Waals surface area contributed by atoms with Gasteiger partial charge in [-0.1, -0.05) is 50.3 Å². The largest absolute Gasteiger partial charge is 0.488 e. The number of halogens is 1. The third-order valence-corrected chi connectivity index (χ3v) is 11.3. The van der Waals surface area contributed by atoms with Gasteiger partial charge >= 0.3 is 12.1 Å². The van der Waals surface area contributed by atoms with Crippen molar-refractivity contribution in [3.8, 4) is 5.75 Å². The Labute approximate surface area is 290 Å². The highest BCUT2D eigenvalue weighted by atomic mass is 35.5. The summed E-state index contributed by atoms with van der Waals surface area (Å²) in [5.41, 5.74) is -0.709. The van der Waals surface area contributed by atoms with E-state index in [9.17, 15) is 24.3 Å². The molecule has 260 valence electrons. The van der Waals surface area contributed by atoms with E-state index in [1.165, 1.54) is 4.90 Å². The van der Waals surface area contributed by atoms with E-state index in [1.807, 2.05) is 25.1 Å². The number of alkyl carbamates (subject to hydrolysis) is 1. The Morgan fingerprint density at radius 1 is 1.10 bits per heavy atom. The number of carboxylic acid groups (broad SMARTS) is 1. The van der Waals surface area contributed by atoms with Crippen molar-refractivity contribution in [1.82, 2.24) is 20.5 Å². The standard InChI is InChI=1S/C35H45ClN4O7S/c1-2-48-29-18-28(25-14-9-15-26(36)31(25)38-29)46-24-17-27-32(42)39-35(33(43)44)19-21(35)10-5-3-4-6-11-22(16-30(41)40(27)20-24)37-34(45)47-23-12-7-8-13-23/h9,14-15,18,21-24,27H,2-8,10-13,16-17,19-20H2,1H3,(H,37,45)(H,39,42)(H,43,44)/t21-,22+,24-,27+,35-/m1/s1. The maximum atomic E-state index is 14.1. The van der Waals surface area contributed by atoms with Crippen molar-refractivity contribution in [3.05, 3.63) is 29.3 Å². The Morgan fingerprint density at radius 3 is 2.60 bits per heavy atom. The van der Waals surface area contributed by atoms with Crippen LogP contribution in [0.3, 0.4) is 0 Å². The van der Waals surface area contributed by atoms with E-state index >= 15 is 0 Å². The lowest BCUT2D eigenvalue weighted by Gasteiger charge is -2.27. The molecule has 3 N–H and O–H groups in total. The molecule has 0 radical (unpaired) electrons. The van der Waals surface area contributed by atoms with E-state index in [-0.39, 0.29) is 37.3 Å². The first-order valence-electron chi connectivity index (χ1n) is 17.4. The number of thioether (sulfide) groups is 1. The molecule has 1 aromatic heterocycles. The van der Waals surface area contributed by atoms with Gasteiger partial charge < -0.3 is 30.1 Å². The molecule has 4 aliphatic rings. The van der Waals surface area contributed by atoms with Crippen molar-refractivity contribution in [2.45, 2.75) is 125 Å². The van der Waals surface area contributed by atoms with E-state index in [0.29, 0.717) is 35.6 Å². The van der Waals surface area contributed by atoms with Crippen LogP contribution in [0.2, 0.25) is 5.02 Å². The Balaban J connectivity index is 1.25. The summed E-state index contributed by atoms with van der Waals surface area (Å²) in [4.78, 5) is 59.5. The fourth-order valence-electron chi connectivity index (χ4n) is 7.56. The van der Waals surface area contributed by atoms with Crippen molar-refractivity contribution in [1.29, 1.82) is 0 Å². The fourth-order valence-corrected chi connectivity index (χ4v) is 8.42. The third-order valence-electron chi connectivity index (χ3n) is 10.2. The van der Waals surface area contributed by atoms with Crippen molar-refractivity contribution >= 4 is 58.1 Å². The quantitative estimate of drug-likeness (QED) is 0.292. The number of carbonyl (C=O) groups is 4. The van der Waals surface area contributed by atoms with Crippen LogP contribution in [0.5, 0.6) is 5.75 Å². The molecule has 5 atom stereocenters. The van der Waals surface area contributed by atoms with Gasteiger partial charge in [0.1, 0.15) is 34.6 Å². The molecule has 13 heteroatoms. The molecule has 2 aromatic rings. The minimum absolute atomic E-state index is 0.00590. The number of benzene rings is 1. The molecule has 0 bridgehead atoms. The number of aliphatic carboxylic acids is 1. The van der Waals surface area contributed by atoms with E-state index in [0.717, 1.165) is 67.5 Å². The van der Waals surface area contributed by atoms with Crippen LogP contribution in [0.1, 0.15) is 90.4 Å². The number of aromatic nitrogens is 1. The van der Waals surface area contributed by atoms with Gasteiger partial charge in [0.05, 0.1) is 17.1 Å². The maximum Gasteiger partial charge on any atom is 0.407 e. The minimum Gasteiger partial charge on any atom is -0.488 e. The monoisotopic (exact) mass is 700 g/mol. The number of nitrogens with zero attached hydrogens (tertiary/aromatic N) is 2. The molecule has 0 unspecified atom stereocenters. The SMILES string of the molecule is CCSc1cc(O[C@@H]2C[C@H]3C(=O)N[C@]4(C(=O)O)C[C@H]4CCCCCC[C@H](NC(=O)OC4CCCC4)CC(=O)N3C2)c2cccc(Cl)c2n1. The van der Waals surface area contributed by atoms with Crippen LogP contribution in [-0.2, 0) is 19.1 Å². The highest BCUT2D eigenvalue weighted by molar-refractivity contribution is 7.99. The summed E-state index contributed by atoms with van der Waals surface area (Å²) < 4.78 is 12.2. The second-order valence-corrected chi connectivity index (χ2v) is 15.3. The molecule has 4 fully saturated rings. The van der Waals surface area contributed by atoms with Crippen LogP contribution < -0.4 is 15.4 Å². The molecule has 6 rings (SSSR count). The third kappa shape index (κ3) is 7.80. The summed E-state index contributed by atoms with van der Waals surface area (Å²) in [5, 5.41) is 17.9. The van der Waals surface area contributed by atoms with Crippen LogP contribution in [-0.4, -0.2) is 81.0 Å². The number of hydrogen-bond donors (Lipinski definition) is 3. The van der Waals surface area contributed by atoms with E-state index in [4.69, 9.17) is 26.1 Å². The lowest BCUT2D eigenvalue weighted by molar-refractivity contribution is -0.145. The summed E-state index contributed by atoms with van der Waals surface area (Å²) in [6, 6.07) is 5.93. The molecule has 48 heavy (non-hydrogen) atoms. The van der Waals surface area contributed by atoms with Crippen LogP contribution in [0, 0.1) is 5.92 Å². The summed E-state index contributed by atoms with van der Waals surface area (Å²) in [6.45, 7) is 2.15. The first kappa shape index (κ1) is 34.6. The molecule has 2 aliphatic heterocycles. The Morgan fingerprint density at radius 2 is 1.85 bits per heavy atom. The van der Waals surface area contributed by atoms with Crippen molar-refractivity contribution in [2.75, 3.05) is 12.3 Å². The topological polar surface area (TPSA) is 147 Å². The van der Waals surface area contributed by atoms with Crippen LogP contribution in [0.4, 0.5) is 4.79 Å². The number of hydrogen-bond acceptors (Lipinski definition) is 8. The average Bonchev–Trinajstić information content (AvgIpc) is 3.33. The van der Waals surface area contributed by atoms with Gasteiger partial charge in [-0.25, -0.2) is 14.6 Å². The summed E-state index contributed by atoms with van der Waals surface area (Å²) >= 11 is 8.07. The predicted octanol–water partition coefficient (Wildman–Crippen LogP) is 6.09. The zero-order valence-corrected chi connectivity index (χ0v) is 29.0. The summed E-state index contributed by atoms with van der Waals surface area (Å²) in [5.74, 6) is -0.638. The van der Waals surface area contributed by atoms with Gasteiger partial charge in [-0.2, -0.15) is 0 Å². The zero-order chi connectivity index (χ0) is 33.8. The van der Waals surface area contributed by atoms with Crippen LogP contribution >= 0.6 is 23.4 Å². The van der Waals surface area contributed by atoms with Crippen LogP contribution in [0.15, 0.2) is 29.3 Å². The first-order chi connectivity index (χ1) is 23.2. The molecular weight excluding hydrogens is 656 g/mol. The molecule has 3 amide bonds. The normalized spacial score (nSPS) is 28.5. The van der Waals surface area contributed by atoms with Gasteiger partial charge in [-0.05, 0) is 68.7 Å². The van der Waals surface area contributed by atoms with E-state index in [2.05, 4.69) is 10.6 Å². The molecule has 2 saturated heterocycles. The van der Waals surface area contributed by atoms with Crippen molar-refractivity contribution in [2.24, 2.45) is 5.92 Å². The molecule has 0 spiro atoms. The molecular formula is C35H45ClN4O7S. The van der Waals surface area contributed by atoms with Gasteiger partial charge in [0, 0.05) is 30.3 Å². The summed E-state index contributed by atoms with van der Waals surface area (Å²) in [6.07, 6.45) is 7.92. The number of pyridine rings is 1. The van der Waals surface area contributed by atoms with Gasteiger partial charge in [0.2, 0.25) is 11.8 Å². The number of carbonyl (C=O) groups excluding carboxylic acids is 3. The van der Waals surface area contributed by atoms with Gasteiger partial charge in [0.15, 0.2) is 0 Å². The minimum atomic E-state index is -1.32. The average molecular weight is 701 g/mol. The first-order valence-corrected chi connectivity index (χ1v) is 18.7. The number of amides is 3. The van der Waals surface area contributed by atoms with E-state index < -0.39 is 41.7 Å². The Kier molecular flexibility index (Phi) is 10.9. The number of ether oxygens (including phenoxy) is 2. The summed E-state index contributed by atoms with van der Waals surface area (Å²) in [7, 11) is 0. The molecule has 2 saturated carbocycles. The Hall–Kier alpha value is -3.25. The number of carboxylic acids is 1. The highest BCUT2D eigenvalue weighted by Crippen LogP contribution is 2.47. The van der Waals surface area contributed by atoms with Crippen LogP contribution in [0.25, 0.3) is 10.9 Å². The molecule has 2 aliphatic carbocycles. The number of nitrogens with one attached hydrogen (secondary N) is 2. The van der Waals surface area contributed by atoms with Crippen molar-refractivity contribution < 1.29 is 33.8 Å². The predicted molar refractivity (Wildman–Crippen MR) is 182 cm³/mol. The van der Waals surface area contributed by atoms with Gasteiger partial charge in [-0.15, -0.1) is 11.8 Å². The van der Waals surface area contributed by atoms with Gasteiger partial charge in [0.25, 0.3) is 0 Å². The second kappa shape index (κ2) is 15.1. The molecule has 1 aromatic carbocycles. The second-order valence-electron chi connectivity index (χ2n) is 13.6. The number of para-hydroxylation sites is 1. The molecule has 3 heterocycles. The lowest BCUT2D eigenvalue weighted by Crippen LogP contribution is -2.53. The maximum absolute atomic E-state index is 14.1. The van der Waals surface area contributed by atoms with E-state index in [1.54, 1.807) is 17.8 Å². The molecule has 11 nitrogen and oxygen atoms in total. The highest BCUT2D eigenvalue weighted by Gasteiger charge is 2.62.